The average molecular weight is 323 g/mol. The third kappa shape index (κ3) is 3.96. The zero-order valence-corrected chi connectivity index (χ0v) is 12.7. The van der Waals surface area contributed by atoms with Crippen LogP contribution in [0.5, 0.6) is 5.75 Å². The number of benzene rings is 2. The van der Waals surface area contributed by atoms with Crippen LogP contribution in [-0.4, -0.2) is 17.9 Å². The van der Waals surface area contributed by atoms with Crippen LogP contribution in [-0.2, 0) is 4.79 Å². The molecule has 120 valence electrons. The van der Waals surface area contributed by atoms with Crippen LogP contribution in [0.2, 0.25) is 0 Å². The summed E-state index contributed by atoms with van der Waals surface area (Å²) >= 11 is 0. The van der Waals surface area contributed by atoms with Crippen molar-refractivity contribution >= 4 is 23.4 Å². The summed E-state index contributed by atoms with van der Waals surface area (Å²) in [6.45, 7) is 0. The van der Waals surface area contributed by atoms with Crippen LogP contribution in [0.4, 0.5) is 11.4 Å². The van der Waals surface area contributed by atoms with Gasteiger partial charge in [0.2, 0.25) is 0 Å². The van der Waals surface area contributed by atoms with Crippen LogP contribution in [0.25, 0.3) is 6.08 Å². The lowest BCUT2D eigenvalue weighted by Gasteiger charge is -2.05. The van der Waals surface area contributed by atoms with Crippen LogP contribution < -0.4 is 10.1 Å². The summed E-state index contributed by atoms with van der Waals surface area (Å²) in [6.07, 6.45) is 1.39. The molecule has 1 amide bonds. The first-order valence-corrected chi connectivity index (χ1v) is 6.85. The predicted octanol–water partition coefficient (Wildman–Crippen LogP) is 3.15. The van der Waals surface area contributed by atoms with Gasteiger partial charge in [-0.3, -0.25) is 14.9 Å². The second-order valence-corrected chi connectivity index (χ2v) is 4.67. The van der Waals surface area contributed by atoms with Gasteiger partial charge in [0.1, 0.15) is 23.1 Å². The zero-order valence-electron chi connectivity index (χ0n) is 12.7. The first-order chi connectivity index (χ1) is 11.5. The third-order valence-electron chi connectivity index (χ3n) is 3.14. The molecule has 0 aliphatic heterocycles. The van der Waals surface area contributed by atoms with Gasteiger partial charge in [-0.25, -0.2) is 0 Å². The van der Waals surface area contributed by atoms with Crippen LogP contribution in [0, 0.1) is 21.4 Å². The maximum Gasteiger partial charge on any atom is 0.292 e. The summed E-state index contributed by atoms with van der Waals surface area (Å²) in [4.78, 5) is 22.6. The standard InChI is InChI=1S/C17H13N3O4/c1-24-14-8-6-12(7-9-14)10-13(11-18)17(21)19-15-4-2-3-5-16(15)20(22)23/h2-10H,1H3,(H,19,21)/b13-10+. The van der Waals surface area contributed by atoms with Crippen molar-refractivity contribution < 1.29 is 14.5 Å². The predicted molar refractivity (Wildman–Crippen MR) is 88.3 cm³/mol. The molecular weight excluding hydrogens is 310 g/mol. The van der Waals surface area contributed by atoms with Gasteiger partial charge >= 0.3 is 0 Å². The van der Waals surface area contributed by atoms with E-state index in [-0.39, 0.29) is 16.9 Å². The molecule has 24 heavy (non-hydrogen) atoms. The highest BCUT2D eigenvalue weighted by molar-refractivity contribution is 6.10. The molecule has 0 aliphatic carbocycles. The Kier molecular flexibility index (Phi) is 5.26. The van der Waals surface area contributed by atoms with Gasteiger partial charge < -0.3 is 10.1 Å². The fourth-order valence-electron chi connectivity index (χ4n) is 1.94. The number of rotatable bonds is 5. The Morgan fingerprint density at radius 1 is 1.25 bits per heavy atom. The van der Waals surface area contributed by atoms with E-state index in [2.05, 4.69) is 5.32 Å². The number of carbonyl (C=O) groups is 1. The van der Waals surface area contributed by atoms with E-state index in [0.717, 1.165) is 0 Å². The van der Waals surface area contributed by atoms with E-state index in [1.807, 2.05) is 0 Å². The molecule has 1 N–H and O–H groups in total. The minimum atomic E-state index is -0.720. The number of nitrogens with one attached hydrogen (secondary N) is 1. The number of amides is 1. The molecule has 0 fully saturated rings. The number of methoxy groups -OCH3 is 1. The van der Waals surface area contributed by atoms with Crippen LogP contribution >= 0.6 is 0 Å². The van der Waals surface area contributed by atoms with Gasteiger partial charge in [0.25, 0.3) is 11.6 Å². The van der Waals surface area contributed by atoms with Crippen LogP contribution in [0.15, 0.2) is 54.1 Å². The summed E-state index contributed by atoms with van der Waals surface area (Å²) in [7, 11) is 1.53. The molecule has 0 saturated heterocycles. The van der Waals surface area contributed by atoms with Gasteiger partial charge in [0.05, 0.1) is 12.0 Å². The van der Waals surface area contributed by atoms with E-state index in [9.17, 15) is 20.2 Å². The van der Waals surface area contributed by atoms with Gasteiger partial charge in [-0.05, 0) is 29.8 Å². The molecule has 0 aliphatic rings. The topological polar surface area (TPSA) is 105 Å². The number of hydrogen-bond donors (Lipinski definition) is 1. The SMILES string of the molecule is COc1ccc(/C=C(\C#N)C(=O)Nc2ccccc2[N+](=O)[O-])cc1. The summed E-state index contributed by atoms with van der Waals surface area (Å²) in [6, 6.07) is 14.3. The molecular formula is C17H13N3O4. The van der Waals surface area contributed by atoms with Gasteiger partial charge in [-0.1, -0.05) is 24.3 Å². The lowest BCUT2D eigenvalue weighted by atomic mass is 10.1. The van der Waals surface area contributed by atoms with Gasteiger partial charge in [-0.15, -0.1) is 0 Å². The molecule has 7 heteroatoms. The van der Waals surface area contributed by atoms with Crippen molar-refractivity contribution in [3.63, 3.8) is 0 Å². The van der Waals surface area contributed by atoms with Crippen molar-refractivity contribution in [1.82, 2.24) is 0 Å². The molecule has 2 rings (SSSR count). The zero-order chi connectivity index (χ0) is 17.5. The monoisotopic (exact) mass is 323 g/mol. The summed E-state index contributed by atoms with van der Waals surface area (Å²) in [5.41, 5.74) is 0.249. The molecule has 0 spiro atoms. The highest BCUT2D eigenvalue weighted by Crippen LogP contribution is 2.24. The number of nitriles is 1. The molecule has 7 nitrogen and oxygen atoms in total. The lowest BCUT2D eigenvalue weighted by Crippen LogP contribution is -2.14. The molecule has 0 bridgehead atoms. The second-order valence-electron chi connectivity index (χ2n) is 4.67. The largest absolute Gasteiger partial charge is 0.497 e. The Morgan fingerprint density at radius 3 is 2.50 bits per heavy atom. The van der Waals surface area contributed by atoms with E-state index >= 15 is 0 Å². The third-order valence-corrected chi connectivity index (χ3v) is 3.14. The Balaban J connectivity index is 2.25. The van der Waals surface area contributed by atoms with Crippen molar-refractivity contribution in [3.05, 3.63) is 69.8 Å². The molecule has 2 aromatic rings. The quantitative estimate of drug-likeness (QED) is 0.394. The number of anilines is 1. The molecule has 0 aromatic heterocycles. The van der Waals surface area contributed by atoms with Crippen molar-refractivity contribution in [2.24, 2.45) is 0 Å². The number of hydrogen-bond acceptors (Lipinski definition) is 5. The first-order valence-electron chi connectivity index (χ1n) is 6.85. The normalized spacial score (nSPS) is 10.6. The van der Waals surface area contributed by atoms with E-state index in [1.165, 1.54) is 31.4 Å². The molecule has 0 saturated carbocycles. The molecule has 2 aromatic carbocycles. The summed E-state index contributed by atoms with van der Waals surface area (Å²) < 4.78 is 5.03. The number of nitro benzene ring substituents is 1. The Hall–Kier alpha value is -3.66. The maximum absolute atomic E-state index is 12.2. The second kappa shape index (κ2) is 7.56. The molecule has 0 heterocycles. The number of nitrogens with zero attached hydrogens (tertiary/aromatic N) is 2. The van der Waals surface area contributed by atoms with E-state index < -0.39 is 10.8 Å². The Labute approximate surface area is 137 Å². The summed E-state index contributed by atoms with van der Waals surface area (Å²) in [5, 5.41) is 22.5. The van der Waals surface area contributed by atoms with Gasteiger partial charge in [-0.2, -0.15) is 5.26 Å². The number of para-hydroxylation sites is 2. The Morgan fingerprint density at radius 2 is 1.92 bits per heavy atom. The number of nitro groups is 1. The van der Waals surface area contributed by atoms with Crippen molar-refractivity contribution in [3.8, 4) is 11.8 Å². The molecule has 0 radical (unpaired) electrons. The minimum Gasteiger partial charge on any atom is -0.497 e. The van der Waals surface area contributed by atoms with E-state index in [4.69, 9.17) is 4.74 Å². The molecule has 0 unspecified atom stereocenters. The molecule has 0 atom stereocenters. The van der Waals surface area contributed by atoms with Gasteiger partial charge in [0.15, 0.2) is 0 Å². The summed E-state index contributed by atoms with van der Waals surface area (Å²) in [5.74, 6) is -0.0716. The smallest absolute Gasteiger partial charge is 0.292 e. The van der Waals surface area contributed by atoms with Gasteiger partial charge in [0, 0.05) is 6.07 Å². The highest BCUT2D eigenvalue weighted by Gasteiger charge is 2.17. The van der Waals surface area contributed by atoms with E-state index in [0.29, 0.717) is 11.3 Å². The number of carbonyl (C=O) groups excluding carboxylic acids is 1. The maximum atomic E-state index is 12.2. The fourth-order valence-corrected chi connectivity index (χ4v) is 1.94. The van der Waals surface area contributed by atoms with Crippen molar-refractivity contribution in [1.29, 1.82) is 5.26 Å². The highest BCUT2D eigenvalue weighted by atomic mass is 16.6. The van der Waals surface area contributed by atoms with Crippen molar-refractivity contribution in [2.75, 3.05) is 12.4 Å². The first kappa shape index (κ1) is 16.7. The Bertz CT molecular complexity index is 836. The van der Waals surface area contributed by atoms with E-state index in [1.54, 1.807) is 36.4 Å². The van der Waals surface area contributed by atoms with Crippen LogP contribution in [0.3, 0.4) is 0 Å². The average Bonchev–Trinajstić information content (AvgIpc) is 2.60. The van der Waals surface area contributed by atoms with Crippen molar-refractivity contribution in [2.45, 2.75) is 0 Å². The van der Waals surface area contributed by atoms with Crippen LogP contribution in [0.1, 0.15) is 5.56 Å². The lowest BCUT2D eigenvalue weighted by molar-refractivity contribution is -0.383. The minimum absolute atomic E-state index is 0.0309. The fraction of sp³-hybridized carbons (Fsp3) is 0.0588. The number of ether oxygens (including phenoxy) is 1.